The van der Waals surface area contributed by atoms with Crippen LogP contribution in [0.5, 0.6) is 5.75 Å². The molecule has 2 aromatic carbocycles. The van der Waals surface area contributed by atoms with E-state index in [-0.39, 0.29) is 36.3 Å². The molecule has 5 rings (SSSR count). The number of imide groups is 1. The molecule has 0 aliphatic carbocycles. The van der Waals surface area contributed by atoms with Crippen LogP contribution in [0, 0.1) is 5.82 Å². The topological polar surface area (TPSA) is 102 Å². The van der Waals surface area contributed by atoms with Gasteiger partial charge in [-0.15, -0.1) is 0 Å². The average Bonchev–Trinajstić information content (AvgIpc) is 3.17. The summed E-state index contributed by atoms with van der Waals surface area (Å²) in [5, 5.41) is 15.2. The third-order valence-electron chi connectivity index (χ3n) is 6.91. The molecule has 8 nitrogen and oxygen atoms in total. The van der Waals surface area contributed by atoms with Crippen molar-refractivity contribution in [3.8, 4) is 5.75 Å². The number of aromatic hydroxyl groups is 1. The van der Waals surface area contributed by atoms with Gasteiger partial charge < -0.3 is 15.3 Å². The molecule has 3 aliphatic rings. The first-order chi connectivity index (χ1) is 17.3. The van der Waals surface area contributed by atoms with Crippen LogP contribution in [0.2, 0.25) is 0 Å². The Morgan fingerprint density at radius 1 is 1.06 bits per heavy atom. The standard InChI is InChI=1S/C14H21FN2.C13H12N2O4/c1-2-16-14-7-9-17(10-8-14)11-12-3-5-13(15)6-4-12;16-8-1-2-9-7(5-8)6-15(13(9)19)10-3-4-11(17)14-12(10)18/h3-6,14,16H,2,7-11H2,1H3;1-2,5,10,16H,3-4,6H2,(H,14,17,18). The van der Waals surface area contributed by atoms with Gasteiger partial charge in [0.05, 0.1) is 0 Å². The van der Waals surface area contributed by atoms with E-state index in [0.717, 1.165) is 26.2 Å². The van der Waals surface area contributed by atoms with Gasteiger partial charge in [-0.3, -0.25) is 24.6 Å². The van der Waals surface area contributed by atoms with Gasteiger partial charge in [0.2, 0.25) is 11.8 Å². The van der Waals surface area contributed by atoms with Crippen molar-refractivity contribution in [3.63, 3.8) is 0 Å². The van der Waals surface area contributed by atoms with E-state index < -0.39 is 11.9 Å². The third kappa shape index (κ3) is 6.27. The highest BCUT2D eigenvalue weighted by Crippen LogP contribution is 2.29. The van der Waals surface area contributed by atoms with Crippen molar-refractivity contribution in [1.29, 1.82) is 0 Å². The van der Waals surface area contributed by atoms with Gasteiger partial charge in [-0.2, -0.15) is 0 Å². The van der Waals surface area contributed by atoms with Gasteiger partial charge in [0, 0.05) is 31.1 Å². The van der Waals surface area contributed by atoms with Crippen LogP contribution in [0.1, 0.15) is 54.1 Å². The molecular weight excluding hydrogens is 463 g/mol. The summed E-state index contributed by atoms with van der Waals surface area (Å²) in [6.07, 6.45) is 3.02. The minimum Gasteiger partial charge on any atom is -0.508 e. The zero-order valence-corrected chi connectivity index (χ0v) is 20.5. The SMILES string of the molecule is CCNC1CCN(Cc2ccc(F)cc2)CC1.O=C1CCC(N2Cc3cc(O)ccc3C2=O)C(=O)N1. The summed E-state index contributed by atoms with van der Waals surface area (Å²) in [4.78, 5) is 39.0. The molecule has 0 radical (unpaired) electrons. The normalized spacial score (nSPS) is 20.6. The van der Waals surface area contributed by atoms with Gasteiger partial charge in [0.15, 0.2) is 0 Å². The molecule has 36 heavy (non-hydrogen) atoms. The van der Waals surface area contributed by atoms with Crippen molar-refractivity contribution in [3.05, 3.63) is 65.0 Å². The van der Waals surface area contributed by atoms with E-state index in [1.165, 1.54) is 35.4 Å². The number of halogens is 1. The lowest BCUT2D eigenvalue weighted by molar-refractivity contribution is -0.136. The Bertz CT molecular complexity index is 1100. The Balaban J connectivity index is 0.000000170. The van der Waals surface area contributed by atoms with Gasteiger partial charge in [-0.1, -0.05) is 19.1 Å². The molecule has 3 aliphatic heterocycles. The largest absolute Gasteiger partial charge is 0.508 e. The maximum Gasteiger partial charge on any atom is 0.255 e. The molecule has 3 N–H and O–H groups in total. The van der Waals surface area contributed by atoms with Gasteiger partial charge in [0.25, 0.3) is 5.91 Å². The van der Waals surface area contributed by atoms with Crippen molar-refractivity contribution >= 4 is 17.7 Å². The molecule has 2 aromatic rings. The van der Waals surface area contributed by atoms with Gasteiger partial charge >= 0.3 is 0 Å². The van der Waals surface area contributed by atoms with Crippen molar-refractivity contribution in [2.45, 2.75) is 57.8 Å². The number of phenols is 1. The summed E-state index contributed by atoms with van der Waals surface area (Å²) >= 11 is 0. The number of hydrogen-bond donors (Lipinski definition) is 3. The van der Waals surface area contributed by atoms with Crippen LogP contribution in [0.15, 0.2) is 42.5 Å². The molecule has 9 heteroatoms. The number of likely N-dealkylation sites (tertiary alicyclic amines) is 1. The molecular formula is C27H33FN4O4. The van der Waals surface area contributed by atoms with Crippen LogP contribution in [-0.4, -0.2) is 64.3 Å². The van der Waals surface area contributed by atoms with Crippen LogP contribution in [-0.2, 0) is 22.7 Å². The second-order valence-electron chi connectivity index (χ2n) is 9.48. The van der Waals surface area contributed by atoms with E-state index in [1.54, 1.807) is 18.2 Å². The Kier molecular flexibility index (Phi) is 8.32. The molecule has 1 atom stereocenters. The number of hydrogen-bond acceptors (Lipinski definition) is 6. The summed E-state index contributed by atoms with van der Waals surface area (Å²) in [6, 6.07) is 11.4. The van der Waals surface area contributed by atoms with E-state index in [9.17, 15) is 23.9 Å². The lowest BCUT2D eigenvalue weighted by atomic mass is 10.0. The molecule has 3 heterocycles. The first-order valence-corrected chi connectivity index (χ1v) is 12.5. The number of nitrogens with zero attached hydrogens (tertiary/aromatic N) is 2. The minimum atomic E-state index is -0.611. The highest BCUT2D eigenvalue weighted by atomic mass is 19.1. The van der Waals surface area contributed by atoms with Crippen LogP contribution in [0.25, 0.3) is 0 Å². The maximum atomic E-state index is 12.8. The van der Waals surface area contributed by atoms with Gasteiger partial charge in [-0.25, -0.2) is 4.39 Å². The molecule has 0 aromatic heterocycles. The minimum absolute atomic E-state index is 0.0941. The average molecular weight is 497 g/mol. The van der Waals surface area contributed by atoms with E-state index in [4.69, 9.17) is 0 Å². The number of fused-ring (bicyclic) bond motifs is 1. The fourth-order valence-corrected chi connectivity index (χ4v) is 4.99. The van der Waals surface area contributed by atoms with E-state index in [2.05, 4.69) is 22.5 Å². The molecule has 0 spiro atoms. The van der Waals surface area contributed by atoms with Crippen molar-refractivity contribution in [1.82, 2.24) is 20.4 Å². The summed E-state index contributed by atoms with van der Waals surface area (Å²) in [7, 11) is 0. The monoisotopic (exact) mass is 496 g/mol. The second-order valence-corrected chi connectivity index (χ2v) is 9.48. The first kappa shape index (κ1) is 25.8. The van der Waals surface area contributed by atoms with Crippen molar-refractivity contribution in [2.24, 2.45) is 0 Å². The zero-order valence-electron chi connectivity index (χ0n) is 20.5. The van der Waals surface area contributed by atoms with Crippen LogP contribution in [0.4, 0.5) is 4.39 Å². The Morgan fingerprint density at radius 2 is 1.78 bits per heavy atom. The molecule has 0 bridgehead atoms. The molecule has 2 fully saturated rings. The van der Waals surface area contributed by atoms with Gasteiger partial charge in [-0.05, 0) is 80.4 Å². The molecule has 2 saturated heterocycles. The number of amides is 3. The van der Waals surface area contributed by atoms with Crippen LogP contribution >= 0.6 is 0 Å². The number of carbonyl (C=O) groups excluding carboxylic acids is 3. The predicted molar refractivity (Wildman–Crippen MR) is 133 cm³/mol. The van der Waals surface area contributed by atoms with E-state index in [1.807, 2.05) is 12.1 Å². The lowest BCUT2D eigenvalue weighted by Gasteiger charge is -2.32. The van der Waals surface area contributed by atoms with Crippen LogP contribution in [0.3, 0.4) is 0 Å². The molecule has 192 valence electrons. The maximum absolute atomic E-state index is 12.8. The Morgan fingerprint density at radius 3 is 2.44 bits per heavy atom. The van der Waals surface area contributed by atoms with Crippen molar-refractivity contribution in [2.75, 3.05) is 19.6 Å². The quantitative estimate of drug-likeness (QED) is 0.550. The highest BCUT2D eigenvalue weighted by molar-refractivity contribution is 6.05. The fourth-order valence-electron chi connectivity index (χ4n) is 4.99. The number of benzene rings is 2. The zero-order chi connectivity index (χ0) is 25.7. The Labute approximate surface area is 210 Å². The molecule has 1 unspecified atom stereocenters. The first-order valence-electron chi connectivity index (χ1n) is 12.5. The number of rotatable bonds is 5. The molecule has 0 saturated carbocycles. The van der Waals surface area contributed by atoms with Crippen molar-refractivity contribution < 1.29 is 23.9 Å². The summed E-state index contributed by atoms with van der Waals surface area (Å²) in [5.41, 5.74) is 2.41. The van der Waals surface area contributed by atoms with Crippen LogP contribution < -0.4 is 10.6 Å². The fraction of sp³-hybridized carbons (Fsp3) is 0.444. The smallest absolute Gasteiger partial charge is 0.255 e. The number of nitrogens with one attached hydrogen (secondary N) is 2. The molecule has 3 amide bonds. The number of piperidine rings is 2. The lowest BCUT2D eigenvalue weighted by Crippen LogP contribution is -2.52. The third-order valence-corrected chi connectivity index (χ3v) is 6.91. The summed E-state index contributed by atoms with van der Waals surface area (Å²) in [5.74, 6) is -1.02. The summed E-state index contributed by atoms with van der Waals surface area (Å²) in [6.45, 7) is 6.71. The second kappa shape index (κ2) is 11.6. The number of phenolic OH excluding ortho intramolecular Hbond substituents is 1. The highest BCUT2D eigenvalue weighted by Gasteiger charge is 2.39. The van der Waals surface area contributed by atoms with Gasteiger partial charge in [0.1, 0.15) is 17.6 Å². The number of carbonyl (C=O) groups is 3. The predicted octanol–water partition coefficient (Wildman–Crippen LogP) is 2.55. The summed E-state index contributed by atoms with van der Waals surface area (Å²) < 4.78 is 12.8. The Hall–Kier alpha value is -3.30. The van der Waals surface area contributed by atoms with E-state index in [0.29, 0.717) is 23.6 Å². The van der Waals surface area contributed by atoms with E-state index >= 15 is 0 Å².